The Bertz CT molecular complexity index is 704. The second kappa shape index (κ2) is 11.1. The first-order valence-corrected chi connectivity index (χ1v) is 10.1. The summed E-state index contributed by atoms with van der Waals surface area (Å²) in [6.45, 7) is 3.93. The second-order valence-electron chi connectivity index (χ2n) is 7.18. The number of hydrogen-bond acceptors (Lipinski definition) is 5. The van der Waals surface area contributed by atoms with Gasteiger partial charge in [-0.1, -0.05) is 30.3 Å². The summed E-state index contributed by atoms with van der Waals surface area (Å²) in [7, 11) is 1.67. The van der Waals surface area contributed by atoms with Crippen molar-refractivity contribution in [3.8, 4) is 11.5 Å². The van der Waals surface area contributed by atoms with E-state index in [0.717, 1.165) is 43.0 Å². The average molecular weight is 386 g/mol. The Morgan fingerprint density at radius 1 is 1.07 bits per heavy atom. The van der Waals surface area contributed by atoms with Crippen molar-refractivity contribution in [2.75, 3.05) is 40.0 Å². The summed E-state index contributed by atoms with van der Waals surface area (Å²) in [5.41, 5.74) is 2.34. The van der Waals surface area contributed by atoms with Gasteiger partial charge in [-0.15, -0.1) is 0 Å². The first-order chi connectivity index (χ1) is 13.8. The van der Waals surface area contributed by atoms with Crippen LogP contribution in [0.1, 0.15) is 29.9 Å². The lowest BCUT2D eigenvalue weighted by atomic mass is 9.81. The summed E-state index contributed by atoms with van der Waals surface area (Å²) in [5.74, 6) is 2.45. The van der Waals surface area contributed by atoms with Crippen molar-refractivity contribution < 1.29 is 19.3 Å². The molecule has 2 N–H and O–H groups in total. The van der Waals surface area contributed by atoms with Gasteiger partial charge in [0, 0.05) is 31.1 Å². The molecule has 0 amide bonds. The third-order valence-corrected chi connectivity index (χ3v) is 5.30. The van der Waals surface area contributed by atoms with Gasteiger partial charge < -0.3 is 24.6 Å². The van der Waals surface area contributed by atoms with Crippen molar-refractivity contribution in [2.24, 2.45) is 5.92 Å². The highest BCUT2D eigenvalue weighted by Crippen LogP contribution is 2.31. The van der Waals surface area contributed by atoms with Crippen molar-refractivity contribution >= 4 is 0 Å². The monoisotopic (exact) mass is 385 g/mol. The molecule has 2 aromatic carbocycles. The Hall–Kier alpha value is -2.08. The quantitative estimate of drug-likeness (QED) is 0.614. The van der Waals surface area contributed by atoms with Crippen LogP contribution < -0.4 is 14.8 Å². The molecule has 1 unspecified atom stereocenters. The standard InChI is InChI=1S/C23H31NO4/c1-26-23-6-3-2-5-19(23)17-27-13-4-14-28-21-9-7-18(8-10-21)22-11-12-24-15-20(22)16-25/h2-3,5-10,20,22,24-25H,4,11-17H2,1H3/t20-,22?/m0/s1. The minimum atomic E-state index is 0.227. The number of hydrogen-bond donors (Lipinski definition) is 2. The molecule has 2 aromatic rings. The molecule has 0 radical (unpaired) electrons. The fourth-order valence-electron chi connectivity index (χ4n) is 3.72. The van der Waals surface area contributed by atoms with E-state index in [0.29, 0.717) is 31.7 Å². The maximum atomic E-state index is 9.58. The van der Waals surface area contributed by atoms with Crippen LogP contribution in [0.4, 0.5) is 0 Å². The first-order valence-electron chi connectivity index (χ1n) is 10.1. The second-order valence-corrected chi connectivity index (χ2v) is 7.18. The van der Waals surface area contributed by atoms with Gasteiger partial charge in [0.1, 0.15) is 11.5 Å². The zero-order chi connectivity index (χ0) is 19.6. The third kappa shape index (κ3) is 5.71. The number of benzene rings is 2. The van der Waals surface area contributed by atoms with Crippen LogP contribution in [-0.4, -0.2) is 45.1 Å². The summed E-state index contributed by atoms with van der Waals surface area (Å²) >= 11 is 0. The lowest BCUT2D eigenvalue weighted by Crippen LogP contribution is -2.37. The molecule has 1 fully saturated rings. The van der Waals surface area contributed by atoms with E-state index in [1.165, 1.54) is 5.56 Å². The third-order valence-electron chi connectivity index (χ3n) is 5.30. The van der Waals surface area contributed by atoms with Gasteiger partial charge in [0.15, 0.2) is 0 Å². The maximum absolute atomic E-state index is 9.58. The van der Waals surface area contributed by atoms with E-state index >= 15 is 0 Å². The SMILES string of the molecule is COc1ccccc1COCCCOc1ccc(C2CCNC[C@H]2CO)cc1. The molecule has 152 valence electrons. The molecule has 0 saturated carbocycles. The zero-order valence-corrected chi connectivity index (χ0v) is 16.6. The molecule has 1 aliphatic heterocycles. The van der Waals surface area contributed by atoms with Crippen molar-refractivity contribution in [2.45, 2.75) is 25.4 Å². The lowest BCUT2D eigenvalue weighted by molar-refractivity contribution is 0.105. The molecule has 0 aromatic heterocycles. The minimum Gasteiger partial charge on any atom is -0.496 e. The maximum Gasteiger partial charge on any atom is 0.124 e. The summed E-state index contributed by atoms with van der Waals surface area (Å²) < 4.78 is 16.9. The van der Waals surface area contributed by atoms with Gasteiger partial charge in [-0.05, 0) is 42.6 Å². The van der Waals surface area contributed by atoms with E-state index in [1.54, 1.807) is 7.11 Å². The van der Waals surface area contributed by atoms with Crippen molar-refractivity contribution in [1.82, 2.24) is 5.32 Å². The molecule has 28 heavy (non-hydrogen) atoms. The van der Waals surface area contributed by atoms with Gasteiger partial charge in [0.2, 0.25) is 0 Å². The average Bonchev–Trinajstić information content (AvgIpc) is 2.76. The molecule has 1 heterocycles. The smallest absolute Gasteiger partial charge is 0.124 e. The molecule has 0 spiro atoms. The number of para-hydroxylation sites is 1. The Kier molecular flexibility index (Phi) is 8.15. The molecule has 5 nitrogen and oxygen atoms in total. The molecule has 5 heteroatoms. The number of methoxy groups -OCH3 is 1. The summed E-state index contributed by atoms with van der Waals surface area (Å²) in [4.78, 5) is 0. The van der Waals surface area contributed by atoms with E-state index in [-0.39, 0.29) is 6.61 Å². The first kappa shape index (κ1) is 20.6. The van der Waals surface area contributed by atoms with Crippen LogP contribution in [0.15, 0.2) is 48.5 Å². The molecular formula is C23H31NO4. The highest BCUT2D eigenvalue weighted by Gasteiger charge is 2.25. The number of ether oxygens (including phenoxy) is 3. The van der Waals surface area contributed by atoms with Crippen molar-refractivity contribution in [3.05, 3.63) is 59.7 Å². The van der Waals surface area contributed by atoms with E-state index in [1.807, 2.05) is 36.4 Å². The van der Waals surface area contributed by atoms with Crippen molar-refractivity contribution in [3.63, 3.8) is 0 Å². The Labute approximate surface area is 167 Å². The van der Waals surface area contributed by atoms with Crippen LogP contribution in [-0.2, 0) is 11.3 Å². The van der Waals surface area contributed by atoms with Gasteiger partial charge >= 0.3 is 0 Å². The van der Waals surface area contributed by atoms with E-state index in [9.17, 15) is 5.11 Å². The molecule has 1 saturated heterocycles. The van der Waals surface area contributed by atoms with Gasteiger partial charge in [-0.3, -0.25) is 0 Å². The van der Waals surface area contributed by atoms with E-state index in [2.05, 4.69) is 17.4 Å². The van der Waals surface area contributed by atoms with Gasteiger partial charge in [0.05, 0.1) is 26.9 Å². The van der Waals surface area contributed by atoms with E-state index in [4.69, 9.17) is 14.2 Å². The van der Waals surface area contributed by atoms with Crippen molar-refractivity contribution in [1.29, 1.82) is 0 Å². The summed E-state index contributed by atoms with van der Waals surface area (Å²) in [6, 6.07) is 16.2. The van der Waals surface area contributed by atoms with Gasteiger partial charge in [-0.25, -0.2) is 0 Å². The fraction of sp³-hybridized carbons (Fsp3) is 0.478. The minimum absolute atomic E-state index is 0.227. The van der Waals surface area contributed by atoms with Crippen LogP contribution in [0.25, 0.3) is 0 Å². The fourth-order valence-corrected chi connectivity index (χ4v) is 3.72. The van der Waals surface area contributed by atoms with Gasteiger partial charge in [-0.2, -0.15) is 0 Å². The number of nitrogens with one attached hydrogen (secondary N) is 1. The molecule has 1 aliphatic rings. The molecule has 0 bridgehead atoms. The zero-order valence-electron chi connectivity index (χ0n) is 16.6. The summed E-state index contributed by atoms with van der Waals surface area (Å²) in [5, 5.41) is 12.9. The molecule has 3 rings (SSSR count). The van der Waals surface area contributed by atoms with Crippen LogP contribution >= 0.6 is 0 Å². The van der Waals surface area contributed by atoms with Crippen LogP contribution in [0.3, 0.4) is 0 Å². The topological polar surface area (TPSA) is 60.0 Å². The largest absolute Gasteiger partial charge is 0.496 e. The lowest BCUT2D eigenvalue weighted by Gasteiger charge is -2.31. The molecule has 2 atom stereocenters. The normalized spacial score (nSPS) is 19.4. The predicted molar refractivity (Wildman–Crippen MR) is 110 cm³/mol. The predicted octanol–water partition coefficient (Wildman–Crippen LogP) is 3.37. The number of rotatable bonds is 10. The number of piperidine rings is 1. The Balaban J connectivity index is 1.37. The van der Waals surface area contributed by atoms with Crippen LogP contribution in [0.5, 0.6) is 11.5 Å². The summed E-state index contributed by atoms with van der Waals surface area (Å²) in [6.07, 6.45) is 1.90. The van der Waals surface area contributed by atoms with Crippen LogP contribution in [0, 0.1) is 5.92 Å². The van der Waals surface area contributed by atoms with Gasteiger partial charge in [0.25, 0.3) is 0 Å². The highest BCUT2D eigenvalue weighted by atomic mass is 16.5. The highest BCUT2D eigenvalue weighted by molar-refractivity contribution is 5.32. The van der Waals surface area contributed by atoms with E-state index < -0.39 is 0 Å². The number of aliphatic hydroxyl groups excluding tert-OH is 1. The number of aliphatic hydroxyl groups is 1. The Morgan fingerprint density at radius 3 is 2.68 bits per heavy atom. The van der Waals surface area contributed by atoms with Crippen LogP contribution in [0.2, 0.25) is 0 Å². The molecule has 0 aliphatic carbocycles. The molecular weight excluding hydrogens is 354 g/mol. The Morgan fingerprint density at radius 2 is 1.89 bits per heavy atom.